The van der Waals surface area contributed by atoms with Crippen LogP contribution < -0.4 is 5.32 Å². The number of hydrogen-bond donors (Lipinski definition) is 1. The molecule has 1 aromatic carbocycles. The molecule has 0 bridgehead atoms. The number of esters is 1. The predicted octanol–water partition coefficient (Wildman–Crippen LogP) is 2.21. The van der Waals surface area contributed by atoms with E-state index in [0.717, 1.165) is 6.08 Å². The van der Waals surface area contributed by atoms with Crippen molar-refractivity contribution in [1.29, 1.82) is 5.26 Å². The van der Waals surface area contributed by atoms with E-state index in [4.69, 9.17) is 10.00 Å². The van der Waals surface area contributed by atoms with E-state index in [1.165, 1.54) is 30.3 Å². The number of nitrogens with zero attached hydrogens (tertiary/aromatic N) is 2. The van der Waals surface area contributed by atoms with Gasteiger partial charge in [0, 0.05) is 18.2 Å². The second kappa shape index (κ2) is 8.59. The lowest BCUT2D eigenvalue weighted by atomic mass is 9.90. The van der Waals surface area contributed by atoms with Crippen molar-refractivity contribution in [2.75, 3.05) is 6.61 Å². The topological polar surface area (TPSA) is 122 Å². The highest BCUT2D eigenvalue weighted by Gasteiger charge is 2.30. The Labute approximate surface area is 145 Å². The second-order valence-corrected chi connectivity index (χ2v) is 5.81. The van der Waals surface area contributed by atoms with Gasteiger partial charge in [0.1, 0.15) is 5.54 Å². The second-order valence-electron chi connectivity index (χ2n) is 5.81. The van der Waals surface area contributed by atoms with Crippen LogP contribution in [0.2, 0.25) is 0 Å². The number of nitriles is 1. The minimum atomic E-state index is -1.04. The maximum Gasteiger partial charge on any atom is 0.331 e. The average molecular weight is 345 g/mol. The molecule has 132 valence electrons. The summed E-state index contributed by atoms with van der Waals surface area (Å²) in [5.41, 5.74) is -0.524. The van der Waals surface area contributed by atoms with Gasteiger partial charge in [-0.3, -0.25) is 14.9 Å². The minimum Gasteiger partial charge on any atom is -0.452 e. The molecule has 1 N–H and O–H groups in total. The Kier molecular flexibility index (Phi) is 6.81. The van der Waals surface area contributed by atoms with E-state index in [1.54, 1.807) is 20.8 Å². The summed E-state index contributed by atoms with van der Waals surface area (Å²) in [5, 5.41) is 22.2. The van der Waals surface area contributed by atoms with Crippen molar-refractivity contribution in [2.45, 2.75) is 26.3 Å². The molecule has 0 aliphatic heterocycles. The van der Waals surface area contributed by atoms with Gasteiger partial charge in [-0.05, 0) is 36.6 Å². The van der Waals surface area contributed by atoms with Gasteiger partial charge < -0.3 is 10.1 Å². The van der Waals surface area contributed by atoms with E-state index in [-0.39, 0.29) is 11.6 Å². The molecule has 25 heavy (non-hydrogen) atoms. The molecule has 0 radical (unpaired) electrons. The van der Waals surface area contributed by atoms with Gasteiger partial charge in [-0.1, -0.05) is 13.8 Å². The summed E-state index contributed by atoms with van der Waals surface area (Å²) in [4.78, 5) is 33.4. The summed E-state index contributed by atoms with van der Waals surface area (Å²) < 4.78 is 4.80. The third-order valence-electron chi connectivity index (χ3n) is 3.65. The van der Waals surface area contributed by atoms with E-state index in [2.05, 4.69) is 5.32 Å². The van der Waals surface area contributed by atoms with Crippen molar-refractivity contribution in [3.8, 4) is 6.07 Å². The van der Waals surface area contributed by atoms with Crippen LogP contribution in [0.3, 0.4) is 0 Å². The van der Waals surface area contributed by atoms with Crippen LogP contribution in [0.1, 0.15) is 26.3 Å². The summed E-state index contributed by atoms with van der Waals surface area (Å²) in [6.07, 6.45) is 2.53. The third-order valence-corrected chi connectivity index (χ3v) is 3.65. The summed E-state index contributed by atoms with van der Waals surface area (Å²) >= 11 is 0. The van der Waals surface area contributed by atoms with Crippen molar-refractivity contribution in [3.05, 3.63) is 46.0 Å². The molecule has 0 aliphatic carbocycles. The average Bonchev–Trinajstić information content (AvgIpc) is 2.58. The van der Waals surface area contributed by atoms with Crippen molar-refractivity contribution < 1.29 is 19.2 Å². The fourth-order valence-electron chi connectivity index (χ4n) is 1.68. The van der Waals surface area contributed by atoms with E-state index >= 15 is 0 Å². The molecular formula is C17H19N3O5. The number of carbonyl (C=O) groups excluding carboxylic acids is 2. The molecule has 8 nitrogen and oxygen atoms in total. The summed E-state index contributed by atoms with van der Waals surface area (Å²) in [6, 6.07) is 7.61. The number of hydrogen-bond acceptors (Lipinski definition) is 6. The van der Waals surface area contributed by atoms with Crippen LogP contribution in [-0.4, -0.2) is 28.9 Å². The summed E-state index contributed by atoms with van der Waals surface area (Å²) in [6.45, 7) is 4.67. The van der Waals surface area contributed by atoms with Gasteiger partial charge in [0.15, 0.2) is 6.61 Å². The maximum absolute atomic E-state index is 11.8. The lowest BCUT2D eigenvalue weighted by Gasteiger charge is -2.27. The maximum atomic E-state index is 11.8. The van der Waals surface area contributed by atoms with Gasteiger partial charge in [0.25, 0.3) is 11.6 Å². The van der Waals surface area contributed by atoms with Crippen LogP contribution in [0.5, 0.6) is 0 Å². The van der Waals surface area contributed by atoms with Crippen LogP contribution in [0, 0.1) is 27.4 Å². The Morgan fingerprint density at radius 3 is 2.48 bits per heavy atom. The van der Waals surface area contributed by atoms with Gasteiger partial charge in [0.2, 0.25) is 0 Å². The quantitative estimate of drug-likeness (QED) is 0.350. The first-order chi connectivity index (χ1) is 11.7. The van der Waals surface area contributed by atoms with Crippen LogP contribution in [0.15, 0.2) is 30.3 Å². The van der Waals surface area contributed by atoms with Crippen LogP contribution in [0.25, 0.3) is 6.08 Å². The first-order valence-electron chi connectivity index (χ1n) is 7.49. The van der Waals surface area contributed by atoms with Gasteiger partial charge >= 0.3 is 5.97 Å². The number of nitrogens with one attached hydrogen (secondary N) is 1. The summed E-state index contributed by atoms with van der Waals surface area (Å²) in [5.74, 6) is -1.43. The molecule has 1 atom stereocenters. The summed E-state index contributed by atoms with van der Waals surface area (Å²) in [7, 11) is 0. The van der Waals surface area contributed by atoms with Gasteiger partial charge in [-0.15, -0.1) is 0 Å². The predicted molar refractivity (Wildman–Crippen MR) is 90.1 cm³/mol. The molecule has 0 saturated heterocycles. The highest BCUT2D eigenvalue weighted by molar-refractivity contribution is 5.89. The number of nitro benzene ring substituents is 1. The zero-order valence-corrected chi connectivity index (χ0v) is 14.2. The molecule has 0 aliphatic rings. The van der Waals surface area contributed by atoms with E-state index in [1.807, 2.05) is 6.07 Å². The van der Waals surface area contributed by atoms with E-state index in [0.29, 0.717) is 5.56 Å². The number of nitro groups is 1. The van der Waals surface area contributed by atoms with Crippen LogP contribution in [0.4, 0.5) is 5.69 Å². The molecule has 0 fully saturated rings. The minimum absolute atomic E-state index is 0.0536. The molecular weight excluding hydrogens is 326 g/mol. The van der Waals surface area contributed by atoms with Gasteiger partial charge in [-0.25, -0.2) is 4.79 Å². The third kappa shape index (κ3) is 6.06. The molecule has 0 unspecified atom stereocenters. The fraction of sp³-hybridized carbons (Fsp3) is 0.353. The molecule has 1 aromatic rings. The van der Waals surface area contributed by atoms with Crippen LogP contribution in [-0.2, 0) is 14.3 Å². The number of amides is 1. The molecule has 0 spiro atoms. The highest BCUT2D eigenvalue weighted by Crippen LogP contribution is 2.15. The van der Waals surface area contributed by atoms with E-state index < -0.39 is 28.9 Å². The fourth-order valence-corrected chi connectivity index (χ4v) is 1.68. The van der Waals surface area contributed by atoms with Gasteiger partial charge in [0.05, 0.1) is 11.0 Å². The Morgan fingerprint density at radius 2 is 2.00 bits per heavy atom. The molecule has 8 heteroatoms. The molecule has 0 heterocycles. The normalized spacial score (nSPS) is 13.1. The number of carbonyl (C=O) groups is 2. The Bertz CT molecular complexity index is 719. The smallest absolute Gasteiger partial charge is 0.331 e. The standard InChI is InChI=1S/C17H19N3O5/c1-12(2)17(3,11-18)19-15(21)10-25-16(22)9-6-13-4-7-14(8-5-13)20(23)24/h4-9,12H,10H2,1-3H3,(H,19,21)/b9-6+/t17-/m1/s1. The molecule has 1 rings (SSSR count). The lowest BCUT2D eigenvalue weighted by Crippen LogP contribution is -2.50. The number of ether oxygens (including phenoxy) is 1. The van der Waals surface area contributed by atoms with E-state index in [9.17, 15) is 19.7 Å². The Morgan fingerprint density at radius 1 is 1.40 bits per heavy atom. The molecule has 0 aromatic heterocycles. The van der Waals surface area contributed by atoms with Gasteiger partial charge in [-0.2, -0.15) is 5.26 Å². The first-order valence-corrected chi connectivity index (χ1v) is 7.49. The first kappa shape index (κ1) is 19.8. The zero-order chi connectivity index (χ0) is 19.0. The Hall–Kier alpha value is -3.21. The number of benzene rings is 1. The highest BCUT2D eigenvalue weighted by atomic mass is 16.6. The monoisotopic (exact) mass is 345 g/mol. The number of non-ortho nitro benzene ring substituents is 1. The Balaban J connectivity index is 2.53. The largest absolute Gasteiger partial charge is 0.452 e. The van der Waals surface area contributed by atoms with Crippen molar-refractivity contribution in [2.24, 2.45) is 5.92 Å². The molecule has 1 amide bonds. The zero-order valence-electron chi connectivity index (χ0n) is 14.2. The van der Waals surface area contributed by atoms with Crippen molar-refractivity contribution >= 4 is 23.6 Å². The lowest BCUT2D eigenvalue weighted by molar-refractivity contribution is -0.384. The van der Waals surface area contributed by atoms with Crippen molar-refractivity contribution in [1.82, 2.24) is 5.32 Å². The molecule has 0 saturated carbocycles. The van der Waals surface area contributed by atoms with Crippen molar-refractivity contribution in [3.63, 3.8) is 0 Å². The SMILES string of the molecule is CC(C)[C@@](C)(C#N)NC(=O)COC(=O)/C=C/c1ccc([N+](=O)[O-])cc1. The number of rotatable bonds is 7. The van der Waals surface area contributed by atoms with Crippen LogP contribution >= 0.6 is 0 Å².